The number of nitrogens with one attached hydrogen (secondary N) is 1. The summed E-state index contributed by atoms with van der Waals surface area (Å²) in [5, 5.41) is 3.41. The molecule has 1 N–H and O–H groups in total. The zero-order chi connectivity index (χ0) is 11.5. The van der Waals surface area contributed by atoms with Gasteiger partial charge in [-0.2, -0.15) is 0 Å². The SMILES string of the molecule is c1ccc2c(c1)CC(CNCc1cncs1)O2. The number of rotatable bonds is 4. The fourth-order valence-electron chi connectivity index (χ4n) is 2.05. The smallest absolute Gasteiger partial charge is 0.123 e. The van der Waals surface area contributed by atoms with E-state index in [0.29, 0.717) is 0 Å². The van der Waals surface area contributed by atoms with Gasteiger partial charge in [0, 0.05) is 30.6 Å². The average molecular weight is 246 g/mol. The largest absolute Gasteiger partial charge is 0.488 e. The molecule has 1 atom stereocenters. The van der Waals surface area contributed by atoms with Crippen LogP contribution in [-0.4, -0.2) is 17.6 Å². The molecule has 1 aliphatic rings. The molecule has 4 heteroatoms. The number of para-hydroxylation sites is 1. The molecule has 0 aliphatic carbocycles. The van der Waals surface area contributed by atoms with Crippen molar-refractivity contribution in [3.8, 4) is 5.75 Å². The van der Waals surface area contributed by atoms with Crippen molar-refractivity contribution in [1.82, 2.24) is 10.3 Å². The number of hydrogen-bond acceptors (Lipinski definition) is 4. The lowest BCUT2D eigenvalue weighted by Crippen LogP contribution is -2.29. The summed E-state index contributed by atoms with van der Waals surface area (Å²) in [6.07, 6.45) is 3.17. The molecule has 1 unspecified atom stereocenters. The highest BCUT2D eigenvalue weighted by Crippen LogP contribution is 2.27. The minimum absolute atomic E-state index is 0.264. The third-order valence-electron chi connectivity index (χ3n) is 2.87. The van der Waals surface area contributed by atoms with Crippen molar-refractivity contribution in [3.05, 3.63) is 46.4 Å². The van der Waals surface area contributed by atoms with E-state index in [1.807, 2.05) is 23.8 Å². The molecule has 2 aromatic rings. The maximum atomic E-state index is 5.85. The Morgan fingerprint density at radius 1 is 1.41 bits per heavy atom. The van der Waals surface area contributed by atoms with Crippen LogP contribution in [0.4, 0.5) is 0 Å². The molecule has 1 aromatic carbocycles. The van der Waals surface area contributed by atoms with E-state index in [0.717, 1.165) is 25.3 Å². The molecule has 0 spiro atoms. The van der Waals surface area contributed by atoms with Crippen LogP contribution in [0.3, 0.4) is 0 Å². The molecule has 0 fully saturated rings. The van der Waals surface area contributed by atoms with Crippen LogP contribution in [-0.2, 0) is 13.0 Å². The average Bonchev–Trinajstić information content (AvgIpc) is 2.96. The molecule has 88 valence electrons. The quantitative estimate of drug-likeness (QED) is 0.898. The van der Waals surface area contributed by atoms with E-state index in [-0.39, 0.29) is 6.10 Å². The first kappa shape index (κ1) is 10.7. The van der Waals surface area contributed by atoms with Gasteiger partial charge in [-0.3, -0.25) is 4.98 Å². The third kappa shape index (κ3) is 2.48. The van der Waals surface area contributed by atoms with Crippen LogP contribution in [0.5, 0.6) is 5.75 Å². The van der Waals surface area contributed by atoms with Crippen LogP contribution >= 0.6 is 11.3 Å². The predicted molar refractivity (Wildman–Crippen MR) is 68.4 cm³/mol. The van der Waals surface area contributed by atoms with Crippen LogP contribution in [0.25, 0.3) is 0 Å². The monoisotopic (exact) mass is 246 g/mol. The molecule has 3 nitrogen and oxygen atoms in total. The summed E-state index contributed by atoms with van der Waals surface area (Å²) >= 11 is 1.68. The van der Waals surface area contributed by atoms with Crippen molar-refractivity contribution < 1.29 is 4.74 Å². The molecule has 17 heavy (non-hydrogen) atoms. The fourth-order valence-corrected chi connectivity index (χ4v) is 2.62. The number of nitrogens with zero attached hydrogens (tertiary/aromatic N) is 1. The van der Waals surface area contributed by atoms with Crippen molar-refractivity contribution in [2.75, 3.05) is 6.54 Å². The Hall–Kier alpha value is -1.39. The van der Waals surface area contributed by atoms with E-state index in [4.69, 9.17) is 4.74 Å². The van der Waals surface area contributed by atoms with Gasteiger partial charge in [-0.25, -0.2) is 0 Å². The van der Waals surface area contributed by atoms with E-state index < -0.39 is 0 Å². The molecule has 0 amide bonds. The lowest BCUT2D eigenvalue weighted by atomic mass is 10.1. The van der Waals surface area contributed by atoms with Crippen molar-refractivity contribution in [1.29, 1.82) is 0 Å². The van der Waals surface area contributed by atoms with Gasteiger partial charge >= 0.3 is 0 Å². The van der Waals surface area contributed by atoms with E-state index in [1.165, 1.54) is 10.4 Å². The van der Waals surface area contributed by atoms with Crippen LogP contribution in [0.1, 0.15) is 10.4 Å². The predicted octanol–water partition coefficient (Wildman–Crippen LogP) is 2.24. The first-order chi connectivity index (χ1) is 8.42. The highest BCUT2D eigenvalue weighted by Gasteiger charge is 2.21. The van der Waals surface area contributed by atoms with Crippen LogP contribution in [0, 0.1) is 0 Å². The van der Waals surface area contributed by atoms with Crippen molar-refractivity contribution in [3.63, 3.8) is 0 Å². The summed E-state index contributed by atoms with van der Waals surface area (Å²) in [5.41, 5.74) is 3.18. The molecule has 0 radical (unpaired) electrons. The molecule has 1 aromatic heterocycles. The highest BCUT2D eigenvalue weighted by molar-refractivity contribution is 7.09. The Labute approximate surface area is 104 Å². The number of aromatic nitrogens is 1. The van der Waals surface area contributed by atoms with Gasteiger partial charge in [0.1, 0.15) is 11.9 Å². The van der Waals surface area contributed by atoms with E-state index in [1.54, 1.807) is 11.3 Å². The molecule has 3 rings (SSSR count). The van der Waals surface area contributed by atoms with Crippen molar-refractivity contribution >= 4 is 11.3 Å². The first-order valence-electron chi connectivity index (χ1n) is 5.74. The Morgan fingerprint density at radius 2 is 2.35 bits per heavy atom. The third-order valence-corrected chi connectivity index (χ3v) is 3.65. The zero-order valence-electron chi connectivity index (χ0n) is 9.43. The van der Waals surface area contributed by atoms with E-state index in [2.05, 4.69) is 22.4 Å². The van der Waals surface area contributed by atoms with Crippen LogP contribution < -0.4 is 10.1 Å². The molecular weight excluding hydrogens is 232 g/mol. The molecule has 1 aliphatic heterocycles. The van der Waals surface area contributed by atoms with Gasteiger partial charge in [0.2, 0.25) is 0 Å². The first-order valence-corrected chi connectivity index (χ1v) is 6.62. The fraction of sp³-hybridized carbons (Fsp3) is 0.308. The highest BCUT2D eigenvalue weighted by atomic mass is 32.1. The summed E-state index contributed by atoms with van der Waals surface area (Å²) in [4.78, 5) is 5.32. The van der Waals surface area contributed by atoms with Crippen molar-refractivity contribution in [2.45, 2.75) is 19.1 Å². The minimum Gasteiger partial charge on any atom is -0.488 e. The summed E-state index contributed by atoms with van der Waals surface area (Å²) in [6.45, 7) is 1.76. The van der Waals surface area contributed by atoms with Crippen LogP contribution in [0.2, 0.25) is 0 Å². The topological polar surface area (TPSA) is 34.2 Å². The van der Waals surface area contributed by atoms with Gasteiger partial charge in [-0.15, -0.1) is 11.3 Å². The summed E-state index contributed by atoms with van der Waals surface area (Å²) in [5.74, 6) is 1.04. The summed E-state index contributed by atoms with van der Waals surface area (Å²) in [7, 11) is 0. The number of ether oxygens (including phenoxy) is 1. The zero-order valence-corrected chi connectivity index (χ0v) is 10.2. The molecular formula is C13H14N2OS. The standard InChI is InChI=1S/C13H14N2OS/c1-2-4-13-10(3-1)5-11(16-13)6-14-7-12-8-15-9-17-12/h1-4,8-9,11,14H,5-7H2. The van der Waals surface area contributed by atoms with Gasteiger partial charge in [-0.05, 0) is 11.6 Å². The second-order valence-corrected chi connectivity index (χ2v) is 5.12. The lowest BCUT2D eigenvalue weighted by Gasteiger charge is -2.10. The summed E-state index contributed by atoms with van der Waals surface area (Å²) < 4.78 is 5.85. The van der Waals surface area contributed by atoms with Gasteiger partial charge in [0.25, 0.3) is 0 Å². The van der Waals surface area contributed by atoms with Gasteiger partial charge in [0.05, 0.1) is 5.51 Å². The molecule has 0 saturated heterocycles. The molecule has 2 heterocycles. The summed E-state index contributed by atoms with van der Waals surface area (Å²) in [6, 6.07) is 8.26. The van der Waals surface area contributed by atoms with Crippen LogP contribution in [0.15, 0.2) is 36.0 Å². The Morgan fingerprint density at radius 3 is 3.18 bits per heavy atom. The maximum absolute atomic E-state index is 5.85. The van der Waals surface area contributed by atoms with E-state index in [9.17, 15) is 0 Å². The van der Waals surface area contributed by atoms with Gasteiger partial charge in [0.15, 0.2) is 0 Å². The van der Waals surface area contributed by atoms with Gasteiger partial charge < -0.3 is 10.1 Å². The Balaban J connectivity index is 1.49. The Bertz CT molecular complexity index is 459. The number of thiazole rings is 1. The number of fused-ring (bicyclic) bond motifs is 1. The minimum atomic E-state index is 0.264. The van der Waals surface area contributed by atoms with Crippen molar-refractivity contribution in [2.24, 2.45) is 0 Å². The van der Waals surface area contributed by atoms with Gasteiger partial charge in [-0.1, -0.05) is 18.2 Å². The number of benzene rings is 1. The second kappa shape index (κ2) is 4.85. The normalized spacial score (nSPS) is 17.8. The molecule has 0 saturated carbocycles. The molecule has 0 bridgehead atoms. The second-order valence-electron chi connectivity index (χ2n) is 4.15. The number of hydrogen-bond donors (Lipinski definition) is 1. The van der Waals surface area contributed by atoms with E-state index >= 15 is 0 Å². The maximum Gasteiger partial charge on any atom is 0.123 e. The Kier molecular flexibility index (Phi) is 3.07. The lowest BCUT2D eigenvalue weighted by molar-refractivity contribution is 0.227.